The molecule has 0 spiro atoms. The van der Waals surface area contributed by atoms with Crippen LogP contribution < -0.4 is 19.5 Å². The molecule has 3 rings (SSSR count). The maximum absolute atomic E-state index is 13.9. The third-order valence-corrected chi connectivity index (χ3v) is 5.67. The van der Waals surface area contributed by atoms with Gasteiger partial charge in [-0.1, -0.05) is 46.3 Å². The number of ether oxygens (including phenoxy) is 3. The highest BCUT2D eigenvalue weighted by Gasteiger charge is 2.14. The van der Waals surface area contributed by atoms with Crippen LogP contribution in [0.2, 0.25) is 0 Å². The highest BCUT2D eigenvalue weighted by atomic mass is 79.9. The van der Waals surface area contributed by atoms with Crippen LogP contribution in [0.4, 0.5) is 4.39 Å². The van der Waals surface area contributed by atoms with Crippen LogP contribution in [0.25, 0.3) is 6.08 Å². The molecule has 0 unspecified atom stereocenters. The van der Waals surface area contributed by atoms with Gasteiger partial charge in [-0.3, -0.25) is 4.79 Å². The second-order valence-corrected chi connectivity index (χ2v) is 8.19. The summed E-state index contributed by atoms with van der Waals surface area (Å²) in [4.78, 5) is 12.6. The van der Waals surface area contributed by atoms with Crippen molar-refractivity contribution in [3.05, 3.63) is 93.2 Å². The number of halogens is 2. The van der Waals surface area contributed by atoms with E-state index in [1.54, 1.807) is 49.6 Å². The Morgan fingerprint density at radius 1 is 1.11 bits per heavy atom. The molecule has 0 saturated heterocycles. The average molecular weight is 539 g/mol. The molecule has 3 aromatic rings. The van der Waals surface area contributed by atoms with E-state index >= 15 is 0 Å². The van der Waals surface area contributed by atoms with E-state index in [4.69, 9.17) is 14.2 Å². The molecule has 35 heavy (non-hydrogen) atoms. The van der Waals surface area contributed by atoms with Gasteiger partial charge in [0.15, 0.2) is 11.5 Å². The lowest BCUT2D eigenvalue weighted by molar-refractivity contribution is -0.117. The first kappa shape index (κ1) is 25.8. The molecule has 0 aliphatic heterocycles. The van der Waals surface area contributed by atoms with Crippen molar-refractivity contribution in [2.45, 2.75) is 20.1 Å². The maximum Gasteiger partial charge on any atom is 0.262 e. The van der Waals surface area contributed by atoms with E-state index < -0.39 is 5.91 Å². The van der Waals surface area contributed by atoms with E-state index in [2.05, 4.69) is 21.2 Å². The van der Waals surface area contributed by atoms with E-state index in [1.807, 2.05) is 25.1 Å². The number of rotatable bonds is 10. The van der Waals surface area contributed by atoms with Crippen molar-refractivity contribution in [1.29, 1.82) is 5.26 Å². The first-order chi connectivity index (χ1) is 16.9. The Hall–Kier alpha value is -3.83. The topological polar surface area (TPSA) is 80.6 Å². The summed E-state index contributed by atoms with van der Waals surface area (Å²) in [7, 11) is 1.58. The second kappa shape index (κ2) is 12.6. The second-order valence-electron chi connectivity index (χ2n) is 7.33. The van der Waals surface area contributed by atoms with Crippen LogP contribution in [0.15, 0.2) is 70.7 Å². The molecule has 1 N–H and O–H groups in total. The Labute approximate surface area is 212 Å². The Morgan fingerprint density at radius 3 is 2.49 bits per heavy atom. The van der Waals surface area contributed by atoms with Crippen LogP contribution in [0, 0.1) is 17.1 Å². The first-order valence-electron chi connectivity index (χ1n) is 10.8. The van der Waals surface area contributed by atoms with Crippen molar-refractivity contribution >= 4 is 27.9 Å². The molecule has 6 nitrogen and oxygen atoms in total. The minimum absolute atomic E-state index is 0.0194. The molecule has 0 radical (unpaired) electrons. The summed E-state index contributed by atoms with van der Waals surface area (Å²) in [5, 5.41) is 12.3. The average Bonchev–Trinajstić information content (AvgIpc) is 2.87. The van der Waals surface area contributed by atoms with Crippen LogP contribution in [0.1, 0.15) is 23.6 Å². The highest BCUT2D eigenvalue weighted by Crippen LogP contribution is 2.35. The van der Waals surface area contributed by atoms with E-state index in [1.165, 1.54) is 12.1 Å². The number of hydrogen-bond acceptors (Lipinski definition) is 5. The molecule has 0 aromatic heterocycles. The molecule has 180 valence electrons. The van der Waals surface area contributed by atoms with E-state index in [9.17, 15) is 14.4 Å². The quantitative estimate of drug-likeness (QED) is 0.260. The van der Waals surface area contributed by atoms with Crippen LogP contribution >= 0.6 is 15.9 Å². The number of benzene rings is 3. The molecule has 8 heteroatoms. The van der Waals surface area contributed by atoms with Gasteiger partial charge in [0, 0.05) is 16.6 Å². The van der Waals surface area contributed by atoms with Gasteiger partial charge >= 0.3 is 0 Å². The van der Waals surface area contributed by atoms with Gasteiger partial charge in [0.05, 0.1) is 13.7 Å². The fraction of sp³-hybridized carbons (Fsp3) is 0.185. The minimum atomic E-state index is -0.506. The number of carbonyl (C=O) groups excluding carboxylic acids is 1. The number of nitriles is 1. The van der Waals surface area contributed by atoms with E-state index in [0.717, 1.165) is 5.56 Å². The lowest BCUT2D eigenvalue weighted by Gasteiger charge is -2.14. The summed E-state index contributed by atoms with van der Waals surface area (Å²) in [6.45, 7) is 2.47. The van der Waals surface area contributed by atoms with Gasteiger partial charge in [-0.25, -0.2) is 4.39 Å². The fourth-order valence-corrected chi connectivity index (χ4v) is 3.58. The Bertz CT molecular complexity index is 1250. The summed E-state index contributed by atoms with van der Waals surface area (Å²) in [6, 6.07) is 18.9. The summed E-state index contributed by atoms with van der Waals surface area (Å²) < 4.78 is 31.2. The Balaban J connectivity index is 1.77. The Kier molecular flexibility index (Phi) is 9.27. The van der Waals surface area contributed by atoms with Gasteiger partial charge in [-0.2, -0.15) is 5.26 Å². The van der Waals surface area contributed by atoms with Gasteiger partial charge in [-0.05, 0) is 54.5 Å². The molecule has 0 saturated carbocycles. The number of nitrogens with one attached hydrogen (secondary N) is 1. The third-order valence-electron chi connectivity index (χ3n) is 4.98. The predicted octanol–water partition coefficient (Wildman–Crippen LogP) is 5.80. The van der Waals surface area contributed by atoms with Crippen LogP contribution in [-0.2, 0) is 17.9 Å². The number of carbonyl (C=O) groups is 1. The van der Waals surface area contributed by atoms with E-state index in [-0.39, 0.29) is 24.5 Å². The van der Waals surface area contributed by atoms with Crippen LogP contribution in [0.3, 0.4) is 0 Å². The fourth-order valence-electron chi connectivity index (χ4n) is 3.14. The highest BCUT2D eigenvalue weighted by molar-refractivity contribution is 9.10. The molecule has 0 aliphatic rings. The lowest BCUT2D eigenvalue weighted by Crippen LogP contribution is -2.23. The molecule has 0 atom stereocenters. The molecular formula is C27H24BrFN2O4. The van der Waals surface area contributed by atoms with Crippen molar-refractivity contribution in [2.24, 2.45) is 0 Å². The zero-order valence-electron chi connectivity index (χ0n) is 19.3. The predicted molar refractivity (Wildman–Crippen MR) is 134 cm³/mol. The molecule has 0 fully saturated rings. The summed E-state index contributed by atoms with van der Waals surface area (Å²) >= 11 is 3.46. The molecule has 0 bridgehead atoms. The Morgan fingerprint density at radius 2 is 1.83 bits per heavy atom. The van der Waals surface area contributed by atoms with Crippen molar-refractivity contribution in [2.75, 3.05) is 13.7 Å². The SMILES string of the molecule is CCOc1cc(/C=C(/C#N)C(=O)NCc2ccc(OC)cc2)c(Br)cc1OCc1ccccc1F. The molecule has 1 amide bonds. The monoisotopic (exact) mass is 538 g/mol. The largest absolute Gasteiger partial charge is 0.497 e. The molecule has 0 aliphatic carbocycles. The van der Waals surface area contributed by atoms with Gasteiger partial charge in [0.2, 0.25) is 0 Å². The summed E-state index contributed by atoms with van der Waals surface area (Å²) in [5.41, 5.74) is 1.77. The van der Waals surface area contributed by atoms with Crippen LogP contribution in [0.5, 0.6) is 17.2 Å². The van der Waals surface area contributed by atoms with Gasteiger partial charge in [0.25, 0.3) is 5.91 Å². The van der Waals surface area contributed by atoms with Gasteiger partial charge in [0.1, 0.15) is 29.8 Å². The smallest absolute Gasteiger partial charge is 0.262 e. The number of methoxy groups -OCH3 is 1. The van der Waals surface area contributed by atoms with Crippen LogP contribution in [-0.4, -0.2) is 19.6 Å². The third kappa shape index (κ3) is 7.08. The normalized spacial score (nSPS) is 10.9. The zero-order chi connectivity index (χ0) is 25.2. The number of hydrogen-bond donors (Lipinski definition) is 1. The molecule has 3 aromatic carbocycles. The number of amides is 1. The van der Waals surface area contributed by atoms with Crippen molar-refractivity contribution in [1.82, 2.24) is 5.32 Å². The summed E-state index contributed by atoms with van der Waals surface area (Å²) in [5.74, 6) is 0.668. The molecular weight excluding hydrogens is 515 g/mol. The van der Waals surface area contributed by atoms with Crippen molar-refractivity contribution < 1.29 is 23.4 Å². The van der Waals surface area contributed by atoms with Gasteiger partial charge < -0.3 is 19.5 Å². The standard InChI is InChI=1S/C27H24BrFN2O4/c1-3-34-25-13-20(23(28)14-26(25)35-17-19-6-4-5-7-24(19)29)12-21(15-30)27(32)31-16-18-8-10-22(33-2)11-9-18/h4-14H,3,16-17H2,1-2H3,(H,31,32)/b21-12-. The molecule has 0 heterocycles. The van der Waals surface area contributed by atoms with Gasteiger partial charge in [-0.15, -0.1) is 0 Å². The van der Waals surface area contributed by atoms with Crippen molar-refractivity contribution in [3.63, 3.8) is 0 Å². The zero-order valence-corrected chi connectivity index (χ0v) is 20.9. The summed E-state index contributed by atoms with van der Waals surface area (Å²) in [6.07, 6.45) is 1.47. The number of nitrogens with zero attached hydrogens (tertiary/aromatic N) is 1. The lowest BCUT2D eigenvalue weighted by atomic mass is 10.1. The first-order valence-corrected chi connectivity index (χ1v) is 11.6. The van der Waals surface area contributed by atoms with Crippen molar-refractivity contribution in [3.8, 4) is 23.3 Å². The maximum atomic E-state index is 13.9. The minimum Gasteiger partial charge on any atom is -0.497 e. The van der Waals surface area contributed by atoms with E-state index in [0.29, 0.717) is 39.5 Å².